The highest BCUT2D eigenvalue weighted by atomic mass is 19.1. The minimum Gasteiger partial charge on any atom is -0.486 e. The van der Waals surface area contributed by atoms with Crippen molar-refractivity contribution < 1.29 is 28.2 Å². The van der Waals surface area contributed by atoms with E-state index in [0.717, 1.165) is 5.69 Å². The van der Waals surface area contributed by atoms with Gasteiger partial charge in [-0.15, -0.1) is 0 Å². The summed E-state index contributed by atoms with van der Waals surface area (Å²) in [6.45, 7) is 3.94. The molecule has 3 atom stereocenters. The summed E-state index contributed by atoms with van der Waals surface area (Å²) in [4.78, 5) is 27.9. The molecule has 2 aliphatic heterocycles. The molecule has 0 radical (unpaired) electrons. The van der Waals surface area contributed by atoms with Crippen LogP contribution >= 0.6 is 0 Å². The predicted molar refractivity (Wildman–Crippen MR) is 145 cm³/mol. The maximum absolute atomic E-state index is 14.9. The van der Waals surface area contributed by atoms with Gasteiger partial charge in [-0.1, -0.05) is 0 Å². The van der Waals surface area contributed by atoms with Crippen molar-refractivity contribution in [1.82, 2.24) is 19.9 Å². The number of halogens is 2. The first kappa shape index (κ1) is 28.1. The van der Waals surface area contributed by atoms with Crippen molar-refractivity contribution >= 4 is 23.2 Å². The fraction of sp³-hybridized carbons (Fsp3) is 0.393. The summed E-state index contributed by atoms with van der Waals surface area (Å²) < 4.78 is 40.9. The summed E-state index contributed by atoms with van der Waals surface area (Å²) in [7, 11) is 0. The van der Waals surface area contributed by atoms with Crippen LogP contribution in [-0.4, -0.2) is 88.6 Å². The molecular weight excluding hydrogens is 536 g/mol. The molecule has 3 aromatic rings. The number of alkyl halides is 1. The van der Waals surface area contributed by atoms with Gasteiger partial charge in [0.05, 0.1) is 31.0 Å². The number of amides is 1. The van der Waals surface area contributed by atoms with Crippen LogP contribution in [-0.2, 0) is 9.53 Å². The molecule has 41 heavy (non-hydrogen) atoms. The lowest BCUT2D eigenvalue weighted by molar-refractivity contribution is -0.143. The maximum atomic E-state index is 14.9. The molecule has 2 aliphatic rings. The summed E-state index contributed by atoms with van der Waals surface area (Å²) in [5, 5.41) is 22.1. The van der Waals surface area contributed by atoms with Crippen LogP contribution in [0.2, 0.25) is 0 Å². The molecule has 2 N–H and O–H groups in total. The lowest BCUT2D eigenvalue weighted by Crippen LogP contribution is -2.51. The van der Waals surface area contributed by atoms with E-state index in [1.807, 2.05) is 11.0 Å². The van der Waals surface area contributed by atoms with Gasteiger partial charge in [0, 0.05) is 37.3 Å². The second kappa shape index (κ2) is 12.4. The average Bonchev–Trinajstić information content (AvgIpc) is 2.99. The zero-order chi connectivity index (χ0) is 28.9. The summed E-state index contributed by atoms with van der Waals surface area (Å²) in [6.07, 6.45) is -2.07. The van der Waals surface area contributed by atoms with E-state index in [2.05, 4.69) is 26.3 Å². The molecule has 5 rings (SSSR count). The number of ether oxygens (including phenoxy) is 2. The molecule has 214 valence electrons. The van der Waals surface area contributed by atoms with E-state index in [1.54, 1.807) is 12.1 Å². The number of nitrogens with one attached hydrogen (secondary N) is 1. The Hall–Kier alpha value is -4.41. The van der Waals surface area contributed by atoms with E-state index in [9.17, 15) is 23.9 Å². The second-order valence-corrected chi connectivity index (χ2v) is 9.77. The molecule has 11 nitrogen and oxygen atoms in total. The van der Waals surface area contributed by atoms with Gasteiger partial charge in [-0.25, -0.2) is 18.7 Å². The first-order valence-corrected chi connectivity index (χ1v) is 13.2. The van der Waals surface area contributed by atoms with Crippen molar-refractivity contribution in [3.05, 3.63) is 54.1 Å². The van der Waals surface area contributed by atoms with Crippen LogP contribution in [0.1, 0.15) is 18.9 Å². The van der Waals surface area contributed by atoms with Crippen LogP contribution in [0.15, 0.2) is 42.7 Å². The Kier molecular flexibility index (Phi) is 8.51. The molecule has 2 fully saturated rings. The number of aromatic nitrogens is 3. The van der Waals surface area contributed by atoms with Gasteiger partial charge >= 0.3 is 0 Å². The summed E-state index contributed by atoms with van der Waals surface area (Å²) in [5.74, 6) is -0.451. The third-order valence-electron chi connectivity index (χ3n) is 6.93. The van der Waals surface area contributed by atoms with E-state index in [-0.39, 0.29) is 48.3 Å². The van der Waals surface area contributed by atoms with Gasteiger partial charge in [-0.2, -0.15) is 10.2 Å². The third kappa shape index (κ3) is 6.50. The number of aliphatic hydroxyl groups is 1. The number of likely N-dealkylation sites (tertiary alicyclic amines) is 1. The fourth-order valence-electron chi connectivity index (χ4n) is 4.74. The summed E-state index contributed by atoms with van der Waals surface area (Å²) in [6, 6.07) is 11.6. The molecule has 0 spiro atoms. The topological polar surface area (TPSA) is 137 Å². The minimum absolute atomic E-state index is 0.116. The van der Waals surface area contributed by atoms with Crippen molar-refractivity contribution in [2.75, 3.05) is 49.6 Å². The van der Waals surface area contributed by atoms with Crippen LogP contribution in [0.5, 0.6) is 5.75 Å². The lowest BCUT2D eigenvalue weighted by atomic mass is 10.0. The van der Waals surface area contributed by atoms with Crippen molar-refractivity contribution in [1.29, 1.82) is 5.26 Å². The number of carbonyl (C=O) groups excluding carboxylic acids is 1. The number of hydrogen-bond acceptors (Lipinski definition) is 10. The molecule has 2 aromatic carbocycles. The Labute approximate surface area is 235 Å². The van der Waals surface area contributed by atoms with Crippen molar-refractivity contribution in [3.63, 3.8) is 0 Å². The highest BCUT2D eigenvalue weighted by Crippen LogP contribution is 2.29. The molecule has 13 heteroatoms. The molecule has 3 heterocycles. The largest absolute Gasteiger partial charge is 0.486 e. The van der Waals surface area contributed by atoms with Crippen LogP contribution in [0.4, 0.5) is 26.1 Å². The molecular formula is C28H29F2N7O4. The van der Waals surface area contributed by atoms with Gasteiger partial charge in [-0.3, -0.25) is 4.79 Å². The molecule has 0 saturated carbocycles. The number of rotatable bonds is 7. The van der Waals surface area contributed by atoms with E-state index in [1.165, 1.54) is 36.4 Å². The quantitative estimate of drug-likeness (QED) is 0.440. The monoisotopic (exact) mass is 565 g/mol. The molecule has 0 bridgehead atoms. The SMILES string of the molecule is C[C@H](O)C(=O)N1CC[C@H](Oc2ccc(-c3ncnc(Nc4ccc(N5CCOCC5)cc4F)n3)cc2C#N)[C@H](F)C1. The number of nitrogens with zero attached hydrogens (tertiary/aromatic N) is 6. The van der Waals surface area contributed by atoms with Crippen molar-refractivity contribution in [2.45, 2.75) is 31.7 Å². The number of hydrogen-bond donors (Lipinski definition) is 2. The van der Waals surface area contributed by atoms with Gasteiger partial charge in [0.1, 0.15) is 36.2 Å². The molecule has 2 saturated heterocycles. The Bertz CT molecular complexity index is 1450. The highest BCUT2D eigenvalue weighted by Gasteiger charge is 2.34. The van der Waals surface area contributed by atoms with E-state index in [0.29, 0.717) is 31.9 Å². The first-order chi connectivity index (χ1) is 19.8. The average molecular weight is 566 g/mol. The van der Waals surface area contributed by atoms with Gasteiger partial charge < -0.3 is 29.7 Å². The van der Waals surface area contributed by atoms with Crippen molar-refractivity contribution in [3.8, 4) is 23.2 Å². The number of nitriles is 1. The van der Waals surface area contributed by atoms with E-state index in [4.69, 9.17) is 9.47 Å². The standard InChI is InChI=1S/C28H29F2N7O4/c1-17(38)27(39)37-7-6-25(22(30)15-37)41-24-5-2-18(12-19(24)14-31)26-32-16-33-28(35-26)34-23-4-3-20(13-21(23)29)36-8-10-40-11-9-36/h2-5,12-13,16-17,22,25,38H,6-11,15H2,1H3,(H,32,33,34,35)/t17-,22+,25-/m0/s1. The van der Waals surface area contributed by atoms with E-state index < -0.39 is 30.1 Å². The lowest BCUT2D eigenvalue weighted by Gasteiger charge is -2.35. The Balaban J connectivity index is 1.27. The van der Waals surface area contributed by atoms with Crippen LogP contribution in [0, 0.1) is 17.1 Å². The number of piperidine rings is 1. The Morgan fingerprint density at radius 3 is 2.73 bits per heavy atom. The third-order valence-corrected chi connectivity index (χ3v) is 6.93. The minimum atomic E-state index is -1.49. The second-order valence-electron chi connectivity index (χ2n) is 9.77. The smallest absolute Gasteiger partial charge is 0.251 e. The van der Waals surface area contributed by atoms with E-state index >= 15 is 0 Å². The van der Waals surface area contributed by atoms with Crippen LogP contribution < -0.4 is 15.0 Å². The van der Waals surface area contributed by atoms with Crippen LogP contribution in [0.25, 0.3) is 11.4 Å². The fourth-order valence-corrected chi connectivity index (χ4v) is 4.74. The maximum Gasteiger partial charge on any atom is 0.251 e. The Morgan fingerprint density at radius 2 is 2.02 bits per heavy atom. The molecule has 1 amide bonds. The zero-order valence-electron chi connectivity index (χ0n) is 22.3. The van der Waals surface area contributed by atoms with Gasteiger partial charge in [0.25, 0.3) is 5.91 Å². The summed E-state index contributed by atoms with van der Waals surface area (Å²) >= 11 is 0. The van der Waals surface area contributed by atoms with Gasteiger partial charge in [0.2, 0.25) is 5.95 Å². The van der Waals surface area contributed by atoms with Crippen molar-refractivity contribution in [2.24, 2.45) is 0 Å². The predicted octanol–water partition coefficient (Wildman–Crippen LogP) is 2.83. The number of aliphatic hydroxyl groups excluding tert-OH is 1. The Morgan fingerprint density at radius 1 is 1.22 bits per heavy atom. The molecule has 0 unspecified atom stereocenters. The molecule has 0 aliphatic carbocycles. The summed E-state index contributed by atoms with van der Waals surface area (Å²) in [5.41, 5.74) is 1.59. The highest BCUT2D eigenvalue weighted by molar-refractivity contribution is 5.80. The number of carbonyl (C=O) groups is 1. The number of morpholine rings is 1. The van der Waals surface area contributed by atoms with Gasteiger partial charge in [-0.05, 0) is 43.3 Å². The molecule has 1 aromatic heterocycles. The van der Waals surface area contributed by atoms with Crippen LogP contribution in [0.3, 0.4) is 0 Å². The number of benzene rings is 2. The normalized spacial score (nSPS) is 19.8. The van der Waals surface area contributed by atoms with Gasteiger partial charge in [0.15, 0.2) is 12.0 Å². The zero-order valence-corrected chi connectivity index (χ0v) is 22.3. The number of anilines is 3. The first-order valence-electron chi connectivity index (χ1n) is 13.2.